The van der Waals surface area contributed by atoms with Crippen molar-refractivity contribution in [1.29, 1.82) is 0 Å². The maximum Gasteiger partial charge on any atom is 0.344 e. The van der Waals surface area contributed by atoms with E-state index in [1.807, 2.05) is 0 Å². The van der Waals surface area contributed by atoms with Crippen molar-refractivity contribution < 1.29 is 38.9 Å². The zero-order chi connectivity index (χ0) is 31.8. The number of carbonyl (C=O) groups excluding carboxylic acids is 2. The molecule has 236 valence electrons. The van der Waals surface area contributed by atoms with E-state index in [0.29, 0.717) is 27.8 Å². The molecule has 1 aliphatic rings. The molecule has 18 nitrogen and oxygen atoms in total. The second kappa shape index (κ2) is 12.4. The lowest BCUT2D eigenvalue weighted by molar-refractivity contribution is -0.135. The first-order valence-corrected chi connectivity index (χ1v) is 15.4. The topological polar surface area (TPSA) is 289 Å². The summed E-state index contributed by atoms with van der Waals surface area (Å²) < 4.78 is 19.0. The van der Waals surface area contributed by atoms with Gasteiger partial charge in [0.15, 0.2) is 17.7 Å². The first-order chi connectivity index (χ1) is 20.8. The van der Waals surface area contributed by atoms with Gasteiger partial charge >= 0.3 is 7.60 Å². The summed E-state index contributed by atoms with van der Waals surface area (Å²) in [6.45, 7) is -0.579. The second-order valence-corrected chi connectivity index (χ2v) is 12.2. The van der Waals surface area contributed by atoms with Gasteiger partial charge in [-0.1, -0.05) is 0 Å². The van der Waals surface area contributed by atoms with Crippen molar-refractivity contribution in [3.8, 4) is 0 Å². The van der Waals surface area contributed by atoms with Crippen molar-refractivity contribution in [2.75, 3.05) is 24.3 Å². The Morgan fingerprint density at radius 2 is 1.93 bits per heavy atom. The first kappa shape index (κ1) is 31.2. The number of ketones is 1. The fraction of sp³-hybridized carbons (Fsp3) is 0.440. The summed E-state index contributed by atoms with van der Waals surface area (Å²) in [5.74, 6) is -1.25. The minimum atomic E-state index is -4.71. The number of aliphatic hydroxyl groups excluding tert-OH is 2. The molecule has 0 aromatic carbocycles. The molecule has 4 aromatic heterocycles. The molecule has 1 amide bonds. The van der Waals surface area contributed by atoms with Crippen LogP contribution in [0.4, 0.5) is 11.6 Å². The van der Waals surface area contributed by atoms with Crippen molar-refractivity contribution in [3.63, 3.8) is 0 Å². The largest absolute Gasteiger partial charge is 0.397 e. The van der Waals surface area contributed by atoms with Gasteiger partial charge in [-0.05, 0) is 30.9 Å². The van der Waals surface area contributed by atoms with Crippen molar-refractivity contribution >= 4 is 53.1 Å². The lowest BCUT2D eigenvalue weighted by Crippen LogP contribution is -2.37. The number of imidazole rings is 1. The third-order valence-corrected chi connectivity index (χ3v) is 8.07. The number of ether oxygens (including phenoxy) is 1. The monoisotopic (exact) mass is 633 g/mol. The molecular weight excluding hydrogens is 601 g/mol. The van der Waals surface area contributed by atoms with E-state index < -0.39 is 62.2 Å². The lowest BCUT2D eigenvalue weighted by Gasteiger charge is -2.23. The van der Waals surface area contributed by atoms with Crippen LogP contribution in [0.1, 0.15) is 37.5 Å². The minimum Gasteiger partial charge on any atom is -0.397 e. The number of aromatic nitrogens is 6. The Kier molecular flexibility index (Phi) is 8.83. The molecule has 0 radical (unpaired) electrons. The molecule has 1 fully saturated rings. The number of nitrogen functional groups attached to an aromatic ring is 2. The molecule has 4 atom stereocenters. The lowest BCUT2D eigenvalue weighted by atomic mass is 10.0. The fourth-order valence-electron chi connectivity index (χ4n) is 5.28. The van der Waals surface area contributed by atoms with Crippen LogP contribution in [0.3, 0.4) is 0 Å². The molecular formula is C25H32N9O9P. The van der Waals surface area contributed by atoms with E-state index >= 15 is 0 Å². The van der Waals surface area contributed by atoms with Crippen LogP contribution in [0.15, 0.2) is 29.6 Å². The van der Waals surface area contributed by atoms with E-state index in [2.05, 4.69) is 24.9 Å². The molecule has 5 heterocycles. The molecule has 19 heteroatoms. The van der Waals surface area contributed by atoms with Gasteiger partial charge in [-0.15, -0.1) is 0 Å². The minimum absolute atomic E-state index is 0.0403. The van der Waals surface area contributed by atoms with E-state index in [-0.39, 0.29) is 43.7 Å². The summed E-state index contributed by atoms with van der Waals surface area (Å²) in [7, 11) is -4.71. The van der Waals surface area contributed by atoms with E-state index in [0.717, 1.165) is 4.90 Å². The number of Topliss-reactive ketones (excluding diaryl/α,β-unsaturated/α-hetero) is 1. The van der Waals surface area contributed by atoms with E-state index in [4.69, 9.17) is 16.2 Å². The number of carbonyl (C=O) groups is 2. The maximum absolute atomic E-state index is 12.9. The SMILES string of the molecule is Nc1nc2[nH]cc(CCCC(=O)N(CC(=O)CC[C@H]3O[C@@H](n4cnc5c(N)ccnc54)[C@@H](O)C3O)CP(=O)(O)O)c2c(=O)[nH]1. The Hall–Kier alpha value is -4.19. The maximum atomic E-state index is 12.9. The fourth-order valence-corrected chi connectivity index (χ4v) is 5.98. The zero-order valence-electron chi connectivity index (χ0n) is 23.2. The van der Waals surface area contributed by atoms with Gasteiger partial charge in [-0.2, -0.15) is 4.98 Å². The van der Waals surface area contributed by atoms with Crippen LogP contribution in [-0.2, 0) is 25.3 Å². The third kappa shape index (κ3) is 6.64. The van der Waals surface area contributed by atoms with Gasteiger partial charge in [0.25, 0.3) is 5.56 Å². The molecule has 0 bridgehead atoms. The van der Waals surface area contributed by atoms with Crippen molar-refractivity contribution in [3.05, 3.63) is 40.7 Å². The van der Waals surface area contributed by atoms with E-state index in [9.17, 15) is 38.9 Å². The van der Waals surface area contributed by atoms with Crippen LogP contribution < -0.4 is 17.0 Å². The smallest absolute Gasteiger partial charge is 0.344 e. The number of H-pyrrole nitrogens is 2. The molecule has 1 unspecified atom stereocenters. The highest BCUT2D eigenvalue weighted by Crippen LogP contribution is 2.36. The summed E-state index contributed by atoms with van der Waals surface area (Å²) in [6, 6.07) is 1.57. The number of aliphatic hydroxyl groups is 2. The number of aromatic amines is 2. The van der Waals surface area contributed by atoms with Gasteiger partial charge in [-0.3, -0.25) is 28.5 Å². The normalized spacial score (nSPS) is 20.5. The number of nitrogens with two attached hydrogens (primary N) is 2. The third-order valence-electron chi connectivity index (χ3n) is 7.36. The van der Waals surface area contributed by atoms with Gasteiger partial charge in [-0.25, -0.2) is 9.97 Å². The summed E-state index contributed by atoms with van der Waals surface area (Å²) in [4.78, 5) is 75.5. The van der Waals surface area contributed by atoms with Crippen LogP contribution in [0.2, 0.25) is 0 Å². The van der Waals surface area contributed by atoms with Gasteiger partial charge < -0.3 is 46.1 Å². The molecule has 4 aromatic rings. The van der Waals surface area contributed by atoms with Crippen molar-refractivity contribution in [1.82, 2.24) is 34.4 Å². The highest BCUT2D eigenvalue weighted by Gasteiger charge is 2.44. The Morgan fingerprint density at radius 3 is 2.68 bits per heavy atom. The second-order valence-electron chi connectivity index (χ2n) is 10.6. The van der Waals surface area contributed by atoms with E-state index in [1.165, 1.54) is 17.1 Å². The molecule has 1 aliphatic heterocycles. The molecule has 0 spiro atoms. The van der Waals surface area contributed by atoms with Crippen molar-refractivity contribution in [2.45, 2.75) is 56.6 Å². The number of hydrogen-bond donors (Lipinski definition) is 8. The summed E-state index contributed by atoms with van der Waals surface area (Å²) >= 11 is 0. The number of nitrogens with zero attached hydrogens (tertiary/aromatic N) is 5. The average molecular weight is 634 g/mol. The summed E-state index contributed by atoms with van der Waals surface area (Å²) in [5.41, 5.74) is 13.0. The molecule has 1 saturated heterocycles. The van der Waals surface area contributed by atoms with Gasteiger partial charge in [0.05, 0.1) is 30.0 Å². The van der Waals surface area contributed by atoms with Crippen LogP contribution in [0.5, 0.6) is 0 Å². The number of amides is 1. The number of hydrogen-bond acceptors (Lipinski definition) is 12. The van der Waals surface area contributed by atoms with Gasteiger partial charge in [0, 0.05) is 25.2 Å². The van der Waals surface area contributed by atoms with Crippen LogP contribution >= 0.6 is 7.60 Å². The standard InChI is InChI=1S/C25H32N9O9P/c26-14-6-7-28-22-18(14)30-10-34(22)24-20(38)19(37)15(43-24)5-4-13(35)9-33(11-44(40,41)42)16(36)3-1-2-12-8-29-21-17(12)23(39)32-25(27)31-21/h6-8,10,15,19-20,24,37-38H,1-5,9,11H2,(H2,26,28)(H2,40,41,42)(H4,27,29,31,32,39)/t15-,19?,20+,24-/m1/s1. The first-order valence-electron chi connectivity index (χ1n) is 13.6. The Morgan fingerprint density at radius 1 is 1.16 bits per heavy atom. The van der Waals surface area contributed by atoms with E-state index in [1.54, 1.807) is 12.3 Å². The predicted octanol–water partition coefficient (Wildman–Crippen LogP) is -0.884. The highest BCUT2D eigenvalue weighted by atomic mass is 31.2. The predicted molar refractivity (Wildman–Crippen MR) is 155 cm³/mol. The number of nitrogens with one attached hydrogen (secondary N) is 2. The van der Waals surface area contributed by atoms with Gasteiger partial charge in [0.2, 0.25) is 11.9 Å². The number of anilines is 2. The molecule has 5 rings (SSSR count). The number of fused-ring (bicyclic) bond motifs is 2. The zero-order valence-corrected chi connectivity index (χ0v) is 24.1. The molecule has 0 aliphatic carbocycles. The van der Waals surface area contributed by atoms with Gasteiger partial charge in [0.1, 0.15) is 29.7 Å². The van der Waals surface area contributed by atoms with Crippen molar-refractivity contribution in [2.24, 2.45) is 0 Å². The van der Waals surface area contributed by atoms with Crippen LogP contribution in [0, 0.1) is 0 Å². The number of rotatable bonds is 12. The van der Waals surface area contributed by atoms with Crippen LogP contribution in [-0.4, -0.2) is 97.2 Å². The quantitative estimate of drug-likeness (QED) is 0.0879. The average Bonchev–Trinajstić information content (AvgIpc) is 3.63. The summed E-state index contributed by atoms with van der Waals surface area (Å²) in [5, 5.41) is 21.5. The Labute approximate surface area is 248 Å². The Bertz CT molecular complexity index is 1800. The Balaban J connectivity index is 1.18. The molecule has 10 N–H and O–H groups in total. The summed E-state index contributed by atoms with van der Waals surface area (Å²) in [6.07, 6.45) is -1.23. The molecule has 44 heavy (non-hydrogen) atoms. The number of aryl methyl sites for hydroxylation is 1. The highest BCUT2D eigenvalue weighted by molar-refractivity contribution is 7.51. The van der Waals surface area contributed by atoms with Crippen LogP contribution in [0.25, 0.3) is 22.2 Å². The molecule has 0 saturated carbocycles. The number of pyridine rings is 1.